The molecule has 0 unspecified atom stereocenters. The molecule has 0 radical (unpaired) electrons. The van der Waals surface area contributed by atoms with Crippen LogP contribution in [0.1, 0.15) is 131 Å². The number of aromatic hydroxyl groups is 2. The lowest BCUT2D eigenvalue weighted by Gasteiger charge is -2.05. The number of hydrogen-bond acceptors (Lipinski definition) is 3. The van der Waals surface area contributed by atoms with E-state index >= 15 is 0 Å². The predicted molar refractivity (Wildman–Crippen MR) is 150 cm³/mol. The fraction of sp³-hybridized carbons (Fsp3) is 0.594. The summed E-state index contributed by atoms with van der Waals surface area (Å²) >= 11 is 0. The Morgan fingerprint density at radius 2 is 1.03 bits per heavy atom. The second-order valence-corrected chi connectivity index (χ2v) is 9.98. The Bertz CT molecular complexity index is 774. The molecule has 0 aliphatic carbocycles. The Balaban J connectivity index is 0.000000642. The van der Waals surface area contributed by atoms with Crippen molar-refractivity contribution in [2.75, 3.05) is 0 Å². The molecule has 0 aliphatic heterocycles. The average Bonchev–Trinajstić information content (AvgIpc) is 2.85. The second-order valence-electron chi connectivity index (χ2n) is 9.98. The molecule has 2 aromatic rings. The van der Waals surface area contributed by atoms with Gasteiger partial charge in [0.05, 0.1) is 5.56 Å². The minimum absolute atomic E-state index is 0.0749. The van der Waals surface area contributed by atoms with Gasteiger partial charge in [0.2, 0.25) is 0 Å². The molecule has 0 aliphatic rings. The Morgan fingerprint density at radius 3 is 1.49 bits per heavy atom. The van der Waals surface area contributed by atoms with Crippen LogP contribution in [0.3, 0.4) is 0 Å². The molecule has 35 heavy (non-hydrogen) atoms. The first-order valence-electron chi connectivity index (χ1n) is 14.0. The van der Waals surface area contributed by atoms with Gasteiger partial charge >= 0.3 is 0 Å². The highest BCUT2D eigenvalue weighted by atomic mass is 16.3. The van der Waals surface area contributed by atoms with Crippen LogP contribution >= 0.6 is 0 Å². The number of phenols is 2. The first-order valence-corrected chi connectivity index (χ1v) is 14.0. The molecule has 0 spiro atoms. The van der Waals surface area contributed by atoms with Crippen LogP contribution in [0, 0.1) is 13.8 Å². The molecule has 0 atom stereocenters. The number of aryl methyl sites for hydroxylation is 2. The number of rotatable bonds is 17. The van der Waals surface area contributed by atoms with Crippen molar-refractivity contribution in [1.82, 2.24) is 0 Å². The van der Waals surface area contributed by atoms with Crippen molar-refractivity contribution in [3.05, 3.63) is 59.2 Å². The minimum Gasteiger partial charge on any atom is -0.508 e. The van der Waals surface area contributed by atoms with E-state index in [-0.39, 0.29) is 11.5 Å². The summed E-state index contributed by atoms with van der Waals surface area (Å²) < 4.78 is 0. The third kappa shape index (κ3) is 16.1. The highest BCUT2D eigenvalue weighted by Gasteiger charge is 2.10. The van der Waals surface area contributed by atoms with Gasteiger partial charge in [-0.25, -0.2) is 0 Å². The third-order valence-corrected chi connectivity index (χ3v) is 6.49. The largest absolute Gasteiger partial charge is 0.508 e. The SMILES string of the molecule is CCCCCCCCCCCCCCCCCC(=O)c1cc(C)ccc1O.Cc1ccc(O)cc1. The molecule has 0 fully saturated rings. The summed E-state index contributed by atoms with van der Waals surface area (Å²) in [5.74, 6) is 0.521. The van der Waals surface area contributed by atoms with E-state index in [2.05, 4.69) is 6.92 Å². The number of benzene rings is 2. The first-order chi connectivity index (χ1) is 16.9. The Morgan fingerprint density at radius 1 is 0.600 bits per heavy atom. The highest BCUT2D eigenvalue weighted by molar-refractivity contribution is 5.98. The van der Waals surface area contributed by atoms with Crippen LogP contribution in [0.4, 0.5) is 0 Å². The van der Waals surface area contributed by atoms with Crippen LogP contribution in [-0.4, -0.2) is 16.0 Å². The molecule has 0 amide bonds. The topological polar surface area (TPSA) is 57.5 Å². The maximum Gasteiger partial charge on any atom is 0.166 e. The van der Waals surface area contributed by atoms with Crippen molar-refractivity contribution in [2.24, 2.45) is 0 Å². The van der Waals surface area contributed by atoms with Gasteiger partial charge in [-0.3, -0.25) is 4.79 Å². The zero-order chi connectivity index (χ0) is 25.7. The van der Waals surface area contributed by atoms with E-state index < -0.39 is 0 Å². The van der Waals surface area contributed by atoms with Gasteiger partial charge in [0.15, 0.2) is 5.78 Å². The molecule has 3 nitrogen and oxygen atoms in total. The number of phenolic OH excluding ortho intramolecular Hbond substituents is 2. The lowest BCUT2D eigenvalue weighted by Crippen LogP contribution is -2.00. The average molecular weight is 483 g/mol. The summed E-state index contributed by atoms with van der Waals surface area (Å²) in [7, 11) is 0. The minimum atomic E-state index is 0.0749. The Hall–Kier alpha value is -2.29. The van der Waals surface area contributed by atoms with Crippen LogP contribution in [0.5, 0.6) is 11.5 Å². The molecular weight excluding hydrogens is 432 g/mol. The maximum absolute atomic E-state index is 12.2. The zero-order valence-corrected chi connectivity index (χ0v) is 22.7. The van der Waals surface area contributed by atoms with E-state index in [1.165, 1.54) is 89.0 Å². The van der Waals surface area contributed by atoms with Gasteiger partial charge in [0.25, 0.3) is 0 Å². The number of carbonyl (C=O) groups is 1. The molecule has 0 bridgehead atoms. The van der Waals surface area contributed by atoms with E-state index in [1.807, 2.05) is 32.0 Å². The van der Waals surface area contributed by atoms with E-state index in [1.54, 1.807) is 24.3 Å². The summed E-state index contributed by atoms with van der Waals surface area (Å²) in [5.41, 5.74) is 2.68. The smallest absolute Gasteiger partial charge is 0.166 e. The first kappa shape index (κ1) is 30.7. The molecule has 0 saturated heterocycles. The van der Waals surface area contributed by atoms with Crippen molar-refractivity contribution in [2.45, 2.75) is 124 Å². The van der Waals surface area contributed by atoms with Crippen molar-refractivity contribution in [3.8, 4) is 11.5 Å². The van der Waals surface area contributed by atoms with E-state index in [4.69, 9.17) is 5.11 Å². The Kier molecular flexibility index (Phi) is 17.5. The molecule has 2 aromatic carbocycles. The summed E-state index contributed by atoms with van der Waals surface area (Å²) in [6.45, 7) is 6.21. The fourth-order valence-corrected chi connectivity index (χ4v) is 4.21. The predicted octanol–water partition coefficient (Wildman–Crippen LogP) is 9.85. The number of unbranched alkanes of at least 4 members (excludes halogenated alkanes) is 14. The van der Waals surface area contributed by atoms with Crippen molar-refractivity contribution in [3.63, 3.8) is 0 Å². The number of Topliss-reactive ketones (excluding diaryl/α,β-unsaturated/α-hetero) is 1. The lowest BCUT2D eigenvalue weighted by atomic mass is 10.0. The van der Waals surface area contributed by atoms with Gasteiger partial charge in [-0.05, 0) is 44.5 Å². The van der Waals surface area contributed by atoms with Gasteiger partial charge in [-0.1, -0.05) is 126 Å². The number of ketones is 1. The molecule has 196 valence electrons. The summed E-state index contributed by atoms with van der Waals surface area (Å²) in [4.78, 5) is 12.2. The van der Waals surface area contributed by atoms with Crippen molar-refractivity contribution in [1.29, 1.82) is 0 Å². The Labute approximate surface area is 215 Å². The van der Waals surface area contributed by atoms with Gasteiger partial charge in [0, 0.05) is 6.42 Å². The fourth-order valence-electron chi connectivity index (χ4n) is 4.21. The molecular formula is C32H50O3. The van der Waals surface area contributed by atoms with Crippen LogP contribution in [0.15, 0.2) is 42.5 Å². The van der Waals surface area contributed by atoms with Gasteiger partial charge in [-0.15, -0.1) is 0 Å². The van der Waals surface area contributed by atoms with Crippen molar-refractivity contribution >= 4 is 5.78 Å². The molecule has 0 aromatic heterocycles. The van der Waals surface area contributed by atoms with Crippen LogP contribution in [0.25, 0.3) is 0 Å². The van der Waals surface area contributed by atoms with Crippen LogP contribution in [-0.2, 0) is 0 Å². The van der Waals surface area contributed by atoms with Crippen LogP contribution < -0.4 is 0 Å². The molecule has 2 rings (SSSR count). The second kappa shape index (κ2) is 20.0. The van der Waals surface area contributed by atoms with Gasteiger partial charge in [-0.2, -0.15) is 0 Å². The van der Waals surface area contributed by atoms with E-state index in [9.17, 15) is 9.90 Å². The van der Waals surface area contributed by atoms with Crippen LogP contribution in [0.2, 0.25) is 0 Å². The van der Waals surface area contributed by atoms with Crippen molar-refractivity contribution < 1.29 is 15.0 Å². The maximum atomic E-state index is 12.2. The number of hydrogen-bond donors (Lipinski definition) is 2. The molecule has 0 saturated carbocycles. The number of carbonyl (C=O) groups excluding carboxylic acids is 1. The quantitative estimate of drug-likeness (QED) is 0.174. The summed E-state index contributed by atoms with van der Waals surface area (Å²) in [5, 5.41) is 18.6. The van der Waals surface area contributed by atoms with Gasteiger partial charge < -0.3 is 10.2 Å². The molecule has 2 N–H and O–H groups in total. The summed E-state index contributed by atoms with van der Waals surface area (Å²) in [6, 6.07) is 12.3. The normalized spacial score (nSPS) is 10.6. The highest BCUT2D eigenvalue weighted by Crippen LogP contribution is 2.21. The monoisotopic (exact) mass is 482 g/mol. The third-order valence-electron chi connectivity index (χ3n) is 6.49. The lowest BCUT2D eigenvalue weighted by molar-refractivity contribution is 0.0976. The van der Waals surface area contributed by atoms with E-state index in [0.29, 0.717) is 17.7 Å². The van der Waals surface area contributed by atoms with Gasteiger partial charge in [0.1, 0.15) is 11.5 Å². The zero-order valence-electron chi connectivity index (χ0n) is 22.7. The summed E-state index contributed by atoms with van der Waals surface area (Å²) in [6.07, 6.45) is 20.5. The molecule has 3 heteroatoms. The van der Waals surface area contributed by atoms with E-state index in [0.717, 1.165) is 18.4 Å². The molecule has 0 heterocycles. The standard InChI is InChI=1S/C25H42O2.C7H8O/c1-3-4-5-6-7-8-9-10-11-12-13-14-15-16-17-18-24(26)23-21-22(2)19-20-25(23)27;1-6-2-4-7(8)5-3-6/h19-21,27H,3-18H2,1-2H3;2-5,8H,1H3.